The van der Waals surface area contributed by atoms with Crippen molar-refractivity contribution in [1.82, 2.24) is 0 Å². The first-order valence-electron chi connectivity index (χ1n) is 5.70. The van der Waals surface area contributed by atoms with Crippen molar-refractivity contribution in [2.24, 2.45) is 11.7 Å². The first kappa shape index (κ1) is 15.2. The van der Waals surface area contributed by atoms with E-state index >= 15 is 0 Å². The fourth-order valence-corrected chi connectivity index (χ4v) is 2.39. The molecular weight excluding hydrogens is 345 g/mol. The van der Waals surface area contributed by atoms with Crippen molar-refractivity contribution < 1.29 is 14.3 Å². The molecule has 0 aromatic heterocycles. The van der Waals surface area contributed by atoms with Gasteiger partial charge in [-0.3, -0.25) is 0 Å². The molecule has 100 valence electrons. The highest BCUT2D eigenvalue weighted by Crippen LogP contribution is 2.28. The lowest BCUT2D eigenvalue weighted by Gasteiger charge is -2.28. The first-order chi connectivity index (χ1) is 8.45. The summed E-state index contributed by atoms with van der Waals surface area (Å²) in [5, 5.41) is 0. The van der Waals surface area contributed by atoms with Crippen LogP contribution in [0.1, 0.15) is 25.5 Å². The van der Waals surface area contributed by atoms with Gasteiger partial charge in [-0.05, 0) is 46.2 Å². The molecule has 0 aliphatic rings. The predicted molar refractivity (Wildman–Crippen MR) is 78.2 cm³/mol. The van der Waals surface area contributed by atoms with Gasteiger partial charge in [0, 0.05) is 10.7 Å². The summed E-state index contributed by atoms with van der Waals surface area (Å²) >= 11 is 2.23. The van der Waals surface area contributed by atoms with Gasteiger partial charge in [0.05, 0.1) is 0 Å². The number of ether oxygens (including phenoxy) is 2. The van der Waals surface area contributed by atoms with Crippen LogP contribution in [-0.4, -0.2) is 19.3 Å². The summed E-state index contributed by atoms with van der Waals surface area (Å²) in [6.45, 7) is 3.93. The SMILES string of the molecule is CO[C@@H](c1cccc(I)c1)[C@@H](OC(N)=O)C(C)C. The summed E-state index contributed by atoms with van der Waals surface area (Å²) in [6.07, 6.45) is -1.49. The van der Waals surface area contributed by atoms with Gasteiger partial charge >= 0.3 is 6.09 Å². The van der Waals surface area contributed by atoms with Crippen LogP contribution in [-0.2, 0) is 9.47 Å². The van der Waals surface area contributed by atoms with E-state index in [2.05, 4.69) is 22.6 Å². The zero-order chi connectivity index (χ0) is 13.7. The molecule has 2 N–H and O–H groups in total. The van der Waals surface area contributed by atoms with Gasteiger partial charge < -0.3 is 15.2 Å². The van der Waals surface area contributed by atoms with Crippen LogP contribution in [0.3, 0.4) is 0 Å². The van der Waals surface area contributed by atoms with Crippen molar-refractivity contribution in [1.29, 1.82) is 0 Å². The summed E-state index contributed by atoms with van der Waals surface area (Å²) in [6, 6.07) is 7.91. The quantitative estimate of drug-likeness (QED) is 0.818. The minimum atomic E-state index is -0.777. The highest BCUT2D eigenvalue weighted by Gasteiger charge is 2.29. The molecular formula is C13H18INO3. The molecule has 0 fully saturated rings. The minimum absolute atomic E-state index is 0.111. The summed E-state index contributed by atoms with van der Waals surface area (Å²) in [5.74, 6) is 0.111. The Morgan fingerprint density at radius 1 is 1.39 bits per heavy atom. The molecule has 0 bridgehead atoms. The lowest BCUT2D eigenvalue weighted by atomic mass is 9.96. The summed E-state index contributed by atoms with van der Waals surface area (Å²) in [4.78, 5) is 11.0. The van der Waals surface area contributed by atoms with E-state index in [1.807, 2.05) is 38.1 Å². The number of nitrogens with two attached hydrogens (primary N) is 1. The Bertz CT molecular complexity index is 409. The summed E-state index contributed by atoms with van der Waals surface area (Å²) in [7, 11) is 1.60. The average molecular weight is 363 g/mol. The number of methoxy groups -OCH3 is 1. The molecule has 0 saturated heterocycles. The molecule has 0 unspecified atom stereocenters. The number of primary amides is 1. The second-order valence-electron chi connectivity index (χ2n) is 4.36. The van der Waals surface area contributed by atoms with Crippen LogP contribution in [0.2, 0.25) is 0 Å². The second kappa shape index (κ2) is 6.94. The van der Waals surface area contributed by atoms with E-state index in [1.54, 1.807) is 7.11 Å². The topological polar surface area (TPSA) is 61.6 Å². The van der Waals surface area contributed by atoms with E-state index in [0.29, 0.717) is 0 Å². The molecule has 4 nitrogen and oxygen atoms in total. The molecule has 18 heavy (non-hydrogen) atoms. The molecule has 5 heteroatoms. The van der Waals surface area contributed by atoms with Gasteiger partial charge in [0.2, 0.25) is 0 Å². The van der Waals surface area contributed by atoms with E-state index in [9.17, 15) is 4.79 Å². The molecule has 0 aliphatic carbocycles. The average Bonchev–Trinajstić information content (AvgIpc) is 2.28. The minimum Gasteiger partial charge on any atom is -0.443 e. The van der Waals surface area contributed by atoms with Crippen LogP contribution in [0.25, 0.3) is 0 Å². The zero-order valence-electron chi connectivity index (χ0n) is 10.7. The number of amides is 1. The van der Waals surface area contributed by atoms with Crippen molar-refractivity contribution in [3.8, 4) is 0 Å². The fourth-order valence-electron chi connectivity index (χ4n) is 1.83. The monoisotopic (exact) mass is 363 g/mol. The number of halogens is 1. The number of rotatable bonds is 5. The standard InChI is InChI=1S/C13H18INO3/c1-8(2)11(18-13(15)16)12(17-3)9-5-4-6-10(14)7-9/h4-8,11-12H,1-3H3,(H2,15,16)/t11-,12-/m0/s1. The van der Waals surface area contributed by atoms with Gasteiger partial charge in [-0.1, -0.05) is 26.0 Å². The van der Waals surface area contributed by atoms with E-state index in [1.165, 1.54) is 0 Å². The van der Waals surface area contributed by atoms with Crippen LogP contribution in [0.5, 0.6) is 0 Å². The maximum absolute atomic E-state index is 11.0. The van der Waals surface area contributed by atoms with Crippen LogP contribution >= 0.6 is 22.6 Å². The highest BCUT2D eigenvalue weighted by atomic mass is 127. The van der Waals surface area contributed by atoms with Crippen molar-refractivity contribution in [3.63, 3.8) is 0 Å². The summed E-state index contributed by atoms with van der Waals surface area (Å²) in [5.41, 5.74) is 6.09. The first-order valence-corrected chi connectivity index (χ1v) is 6.78. The summed E-state index contributed by atoms with van der Waals surface area (Å²) < 4.78 is 11.8. The molecule has 0 aliphatic heterocycles. The molecule has 0 heterocycles. The smallest absolute Gasteiger partial charge is 0.404 e. The maximum Gasteiger partial charge on any atom is 0.404 e. The molecule has 1 aromatic carbocycles. The largest absolute Gasteiger partial charge is 0.443 e. The van der Waals surface area contributed by atoms with E-state index in [0.717, 1.165) is 9.13 Å². The Kier molecular flexibility index (Phi) is 5.87. The Balaban J connectivity index is 3.01. The maximum atomic E-state index is 11.0. The van der Waals surface area contributed by atoms with E-state index < -0.39 is 12.2 Å². The van der Waals surface area contributed by atoms with Crippen LogP contribution in [0.15, 0.2) is 24.3 Å². The molecule has 0 spiro atoms. The van der Waals surface area contributed by atoms with Gasteiger partial charge in [0.15, 0.2) is 0 Å². The van der Waals surface area contributed by atoms with Crippen molar-refractivity contribution >= 4 is 28.7 Å². The number of benzene rings is 1. The van der Waals surface area contributed by atoms with Crippen LogP contribution in [0, 0.1) is 9.49 Å². The van der Waals surface area contributed by atoms with Gasteiger partial charge in [-0.2, -0.15) is 0 Å². The molecule has 1 rings (SSSR count). The third-order valence-electron chi connectivity index (χ3n) is 2.64. The Morgan fingerprint density at radius 2 is 2.06 bits per heavy atom. The van der Waals surface area contributed by atoms with Crippen molar-refractivity contribution in [2.45, 2.75) is 26.1 Å². The van der Waals surface area contributed by atoms with Crippen molar-refractivity contribution in [2.75, 3.05) is 7.11 Å². The van der Waals surface area contributed by atoms with Crippen LogP contribution in [0.4, 0.5) is 4.79 Å². The third-order valence-corrected chi connectivity index (χ3v) is 3.31. The van der Waals surface area contributed by atoms with Crippen LogP contribution < -0.4 is 5.73 Å². The number of hydrogen-bond acceptors (Lipinski definition) is 3. The molecule has 0 radical (unpaired) electrons. The van der Waals surface area contributed by atoms with E-state index in [-0.39, 0.29) is 12.0 Å². The predicted octanol–water partition coefficient (Wildman–Crippen LogP) is 3.10. The normalized spacial score (nSPS) is 14.3. The third kappa shape index (κ3) is 4.13. The number of carbonyl (C=O) groups is 1. The number of carbonyl (C=O) groups excluding carboxylic acids is 1. The molecule has 1 amide bonds. The Labute approximate surface area is 121 Å². The highest BCUT2D eigenvalue weighted by molar-refractivity contribution is 14.1. The number of hydrogen-bond donors (Lipinski definition) is 1. The Morgan fingerprint density at radius 3 is 2.50 bits per heavy atom. The molecule has 2 atom stereocenters. The zero-order valence-corrected chi connectivity index (χ0v) is 12.9. The van der Waals surface area contributed by atoms with Gasteiger partial charge in [-0.15, -0.1) is 0 Å². The lowest BCUT2D eigenvalue weighted by molar-refractivity contribution is -0.0424. The molecule has 0 saturated carbocycles. The van der Waals surface area contributed by atoms with Gasteiger partial charge in [0.25, 0.3) is 0 Å². The molecule has 1 aromatic rings. The lowest BCUT2D eigenvalue weighted by Crippen LogP contribution is -2.33. The van der Waals surface area contributed by atoms with Gasteiger partial charge in [0.1, 0.15) is 12.2 Å². The second-order valence-corrected chi connectivity index (χ2v) is 5.60. The van der Waals surface area contributed by atoms with E-state index in [4.69, 9.17) is 15.2 Å². The van der Waals surface area contributed by atoms with Gasteiger partial charge in [-0.25, -0.2) is 4.79 Å². The van der Waals surface area contributed by atoms with Crippen molar-refractivity contribution in [3.05, 3.63) is 33.4 Å². The fraction of sp³-hybridized carbons (Fsp3) is 0.462. The Hall–Kier alpha value is -0.820.